The van der Waals surface area contributed by atoms with Gasteiger partial charge in [-0.1, -0.05) is 12.1 Å². The number of hydrogen-bond donors (Lipinski definition) is 2. The van der Waals surface area contributed by atoms with Crippen LogP contribution in [0.25, 0.3) is 0 Å². The van der Waals surface area contributed by atoms with Crippen molar-refractivity contribution in [3.63, 3.8) is 0 Å². The highest BCUT2D eigenvalue weighted by atomic mass is 16.5. The van der Waals surface area contributed by atoms with Crippen LogP contribution in [0.3, 0.4) is 0 Å². The molecule has 0 aliphatic heterocycles. The van der Waals surface area contributed by atoms with Gasteiger partial charge in [0.1, 0.15) is 0 Å². The minimum Gasteiger partial charge on any atom is -0.504 e. The van der Waals surface area contributed by atoms with Crippen LogP contribution in [0, 0.1) is 0 Å². The molecule has 2 amide bonds. The Bertz CT molecular complexity index is 523. The van der Waals surface area contributed by atoms with E-state index >= 15 is 0 Å². The topological polar surface area (TPSA) is 78.9 Å². The van der Waals surface area contributed by atoms with Gasteiger partial charge >= 0.3 is 0 Å². The van der Waals surface area contributed by atoms with Gasteiger partial charge in [-0.3, -0.25) is 9.59 Å². The summed E-state index contributed by atoms with van der Waals surface area (Å²) in [6.45, 7) is 7.59. The van der Waals surface area contributed by atoms with Gasteiger partial charge in [-0.05, 0) is 39.8 Å². The summed E-state index contributed by atoms with van der Waals surface area (Å²) in [4.78, 5) is 25.4. The molecule has 6 nitrogen and oxygen atoms in total. The van der Waals surface area contributed by atoms with E-state index in [4.69, 9.17) is 4.74 Å². The molecule has 0 aromatic heterocycles. The third kappa shape index (κ3) is 6.03. The van der Waals surface area contributed by atoms with Crippen molar-refractivity contribution in [2.45, 2.75) is 33.2 Å². The van der Waals surface area contributed by atoms with Crippen LogP contribution in [0.1, 0.15) is 27.7 Å². The van der Waals surface area contributed by atoms with E-state index in [1.807, 2.05) is 20.8 Å². The molecule has 1 aromatic rings. The van der Waals surface area contributed by atoms with Crippen molar-refractivity contribution in [1.82, 2.24) is 10.2 Å². The first-order chi connectivity index (χ1) is 10.2. The third-order valence-electron chi connectivity index (χ3n) is 2.80. The van der Waals surface area contributed by atoms with Crippen molar-refractivity contribution in [2.75, 3.05) is 19.7 Å². The fourth-order valence-corrected chi connectivity index (χ4v) is 1.82. The summed E-state index contributed by atoms with van der Waals surface area (Å²) >= 11 is 0. The molecular weight excluding hydrogens is 284 g/mol. The number of carbonyl (C=O) groups is 2. The molecule has 122 valence electrons. The van der Waals surface area contributed by atoms with Gasteiger partial charge in [0.15, 0.2) is 18.1 Å². The van der Waals surface area contributed by atoms with E-state index in [0.717, 1.165) is 0 Å². The van der Waals surface area contributed by atoms with Gasteiger partial charge in [-0.2, -0.15) is 0 Å². The number of amides is 2. The minimum absolute atomic E-state index is 0.0171. The number of para-hydroxylation sites is 2. The second-order valence-corrected chi connectivity index (χ2v) is 5.96. The number of nitrogens with zero attached hydrogens (tertiary/aromatic N) is 1. The smallest absolute Gasteiger partial charge is 0.260 e. The van der Waals surface area contributed by atoms with Gasteiger partial charge in [-0.15, -0.1) is 0 Å². The molecule has 0 spiro atoms. The molecule has 0 saturated heterocycles. The standard InChI is InChI=1S/C16H24N2O4/c1-5-18(10-14(20)17-16(2,3)4)15(21)11-22-13-9-7-6-8-12(13)19/h6-9,19H,5,10-11H2,1-4H3,(H,17,20). The lowest BCUT2D eigenvalue weighted by atomic mass is 10.1. The predicted octanol–water partition coefficient (Wildman–Crippen LogP) is 1.53. The molecule has 0 atom stereocenters. The molecule has 0 fully saturated rings. The first-order valence-corrected chi connectivity index (χ1v) is 7.22. The summed E-state index contributed by atoms with van der Waals surface area (Å²) in [6, 6.07) is 6.42. The number of aromatic hydroxyl groups is 1. The van der Waals surface area contributed by atoms with Gasteiger partial charge in [0, 0.05) is 12.1 Å². The Hall–Kier alpha value is -2.24. The number of benzene rings is 1. The molecule has 0 saturated carbocycles. The van der Waals surface area contributed by atoms with Gasteiger partial charge < -0.3 is 20.1 Å². The summed E-state index contributed by atoms with van der Waals surface area (Å²) in [6.07, 6.45) is 0. The molecular formula is C16H24N2O4. The Balaban J connectivity index is 2.54. The second-order valence-electron chi connectivity index (χ2n) is 5.96. The van der Waals surface area contributed by atoms with Gasteiger partial charge in [0.2, 0.25) is 5.91 Å². The normalized spacial score (nSPS) is 10.9. The molecule has 1 aromatic carbocycles. The zero-order valence-corrected chi connectivity index (χ0v) is 13.5. The van der Waals surface area contributed by atoms with Crippen LogP contribution in [-0.4, -0.2) is 47.1 Å². The molecule has 0 radical (unpaired) electrons. The van der Waals surface area contributed by atoms with Crippen LogP contribution in [0.5, 0.6) is 11.5 Å². The van der Waals surface area contributed by atoms with E-state index in [0.29, 0.717) is 6.54 Å². The Labute approximate surface area is 131 Å². The molecule has 22 heavy (non-hydrogen) atoms. The molecule has 2 N–H and O–H groups in total. The van der Waals surface area contributed by atoms with Gasteiger partial charge in [0.25, 0.3) is 5.91 Å². The Morgan fingerprint density at radius 1 is 1.27 bits per heavy atom. The third-order valence-corrected chi connectivity index (χ3v) is 2.80. The number of hydrogen-bond acceptors (Lipinski definition) is 4. The van der Waals surface area contributed by atoms with E-state index < -0.39 is 0 Å². The highest BCUT2D eigenvalue weighted by molar-refractivity contribution is 5.85. The van der Waals surface area contributed by atoms with Crippen molar-refractivity contribution in [3.05, 3.63) is 24.3 Å². The Kier molecular flexibility index (Phi) is 6.22. The first-order valence-electron chi connectivity index (χ1n) is 7.22. The number of phenols is 1. The maximum Gasteiger partial charge on any atom is 0.260 e. The fourth-order valence-electron chi connectivity index (χ4n) is 1.82. The summed E-state index contributed by atoms with van der Waals surface area (Å²) in [5.74, 6) is -0.310. The zero-order chi connectivity index (χ0) is 16.8. The SMILES string of the molecule is CCN(CC(=O)NC(C)(C)C)C(=O)COc1ccccc1O. The minimum atomic E-state index is -0.341. The van der Waals surface area contributed by atoms with Crippen molar-refractivity contribution in [2.24, 2.45) is 0 Å². The van der Waals surface area contributed by atoms with Crippen LogP contribution < -0.4 is 10.1 Å². The number of phenolic OH excluding ortho intramolecular Hbond substituents is 1. The number of nitrogens with one attached hydrogen (secondary N) is 1. The maximum atomic E-state index is 12.1. The molecule has 1 rings (SSSR count). The van der Waals surface area contributed by atoms with Gasteiger partial charge in [-0.25, -0.2) is 0 Å². The fraction of sp³-hybridized carbons (Fsp3) is 0.500. The Morgan fingerprint density at radius 2 is 1.91 bits per heavy atom. The lowest BCUT2D eigenvalue weighted by Gasteiger charge is -2.25. The lowest BCUT2D eigenvalue weighted by Crippen LogP contribution is -2.48. The molecule has 0 aliphatic rings. The molecule has 6 heteroatoms. The Morgan fingerprint density at radius 3 is 2.45 bits per heavy atom. The summed E-state index contributed by atoms with van der Waals surface area (Å²) in [5.41, 5.74) is -0.341. The number of likely N-dealkylation sites (N-methyl/N-ethyl adjacent to an activating group) is 1. The zero-order valence-electron chi connectivity index (χ0n) is 13.5. The quantitative estimate of drug-likeness (QED) is 0.835. The van der Waals surface area contributed by atoms with Crippen LogP contribution in [0.15, 0.2) is 24.3 Å². The summed E-state index contributed by atoms with van der Waals surface area (Å²) in [5, 5.41) is 12.4. The van der Waals surface area contributed by atoms with Crippen LogP contribution >= 0.6 is 0 Å². The highest BCUT2D eigenvalue weighted by Gasteiger charge is 2.19. The van der Waals surface area contributed by atoms with Crippen molar-refractivity contribution in [1.29, 1.82) is 0 Å². The van der Waals surface area contributed by atoms with E-state index in [-0.39, 0.29) is 42.0 Å². The highest BCUT2D eigenvalue weighted by Crippen LogP contribution is 2.24. The van der Waals surface area contributed by atoms with Crippen LogP contribution in [0.2, 0.25) is 0 Å². The number of ether oxygens (including phenoxy) is 1. The molecule has 0 aliphatic carbocycles. The predicted molar refractivity (Wildman–Crippen MR) is 83.8 cm³/mol. The molecule has 0 bridgehead atoms. The lowest BCUT2D eigenvalue weighted by molar-refractivity contribution is -0.137. The average molecular weight is 308 g/mol. The van der Waals surface area contributed by atoms with E-state index in [9.17, 15) is 14.7 Å². The monoisotopic (exact) mass is 308 g/mol. The number of rotatable bonds is 6. The van der Waals surface area contributed by atoms with E-state index in [1.165, 1.54) is 11.0 Å². The summed E-state index contributed by atoms with van der Waals surface area (Å²) in [7, 11) is 0. The van der Waals surface area contributed by atoms with Crippen LogP contribution in [0.4, 0.5) is 0 Å². The van der Waals surface area contributed by atoms with Crippen molar-refractivity contribution < 1.29 is 19.4 Å². The summed E-state index contributed by atoms with van der Waals surface area (Å²) < 4.78 is 5.29. The number of carbonyl (C=O) groups excluding carboxylic acids is 2. The van der Waals surface area contributed by atoms with Crippen molar-refractivity contribution >= 4 is 11.8 Å². The molecule has 0 unspecified atom stereocenters. The van der Waals surface area contributed by atoms with Gasteiger partial charge in [0.05, 0.1) is 6.54 Å². The van der Waals surface area contributed by atoms with Crippen LogP contribution in [-0.2, 0) is 9.59 Å². The van der Waals surface area contributed by atoms with E-state index in [2.05, 4.69) is 5.32 Å². The maximum absolute atomic E-state index is 12.1. The van der Waals surface area contributed by atoms with Crippen molar-refractivity contribution in [3.8, 4) is 11.5 Å². The van der Waals surface area contributed by atoms with E-state index in [1.54, 1.807) is 25.1 Å². The average Bonchev–Trinajstić information content (AvgIpc) is 2.41. The second kappa shape index (κ2) is 7.68. The largest absolute Gasteiger partial charge is 0.504 e. The molecule has 0 heterocycles. The first kappa shape index (κ1) is 17.8.